The molecule has 0 amide bonds. The Kier molecular flexibility index (Phi) is 4.55. The number of hydrogen-bond donors (Lipinski definition) is 0. The maximum absolute atomic E-state index is 13.0. The highest BCUT2D eigenvalue weighted by Crippen LogP contribution is 2.28. The molecule has 0 aliphatic heterocycles. The smallest absolute Gasteiger partial charge is 0.352 e. The van der Waals surface area contributed by atoms with Gasteiger partial charge in [0.1, 0.15) is 0 Å². The van der Waals surface area contributed by atoms with Crippen molar-refractivity contribution in [3.63, 3.8) is 0 Å². The molecule has 0 aliphatic carbocycles. The number of para-hydroxylation sites is 1. The van der Waals surface area contributed by atoms with Gasteiger partial charge < -0.3 is 4.74 Å². The topological polar surface area (TPSA) is 66.1 Å². The standard InChI is InChI=1S/C19H14ClN3O3S/c1-26-17-18(24)22(19(25)23(21-17)14-5-3-2-4-6-14)10-12-11-27-16-8-7-13(20)9-15(12)16/h2-9,11H,10H2,1H3. The van der Waals surface area contributed by atoms with Crippen molar-refractivity contribution in [2.75, 3.05) is 7.11 Å². The summed E-state index contributed by atoms with van der Waals surface area (Å²) in [6.45, 7) is 0.101. The minimum Gasteiger partial charge on any atom is -0.476 e. The average Bonchev–Trinajstić information content (AvgIpc) is 3.08. The van der Waals surface area contributed by atoms with Crippen molar-refractivity contribution in [2.45, 2.75) is 6.54 Å². The zero-order valence-corrected chi connectivity index (χ0v) is 15.8. The van der Waals surface area contributed by atoms with Crippen LogP contribution in [0.5, 0.6) is 5.88 Å². The van der Waals surface area contributed by atoms with Gasteiger partial charge in [-0.1, -0.05) is 29.8 Å². The molecule has 2 heterocycles. The molecule has 0 saturated carbocycles. The molecule has 0 saturated heterocycles. The van der Waals surface area contributed by atoms with Crippen LogP contribution in [-0.2, 0) is 6.54 Å². The molecule has 27 heavy (non-hydrogen) atoms. The van der Waals surface area contributed by atoms with E-state index in [-0.39, 0.29) is 12.4 Å². The maximum atomic E-state index is 13.0. The van der Waals surface area contributed by atoms with Gasteiger partial charge in [-0.3, -0.25) is 4.79 Å². The Morgan fingerprint density at radius 3 is 2.67 bits per heavy atom. The van der Waals surface area contributed by atoms with Crippen molar-refractivity contribution in [1.29, 1.82) is 0 Å². The minimum absolute atomic E-state index is 0.101. The molecule has 0 bridgehead atoms. The van der Waals surface area contributed by atoms with Crippen LogP contribution in [0.2, 0.25) is 5.02 Å². The van der Waals surface area contributed by atoms with Crippen LogP contribution in [0.15, 0.2) is 63.5 Å². The number of aromatic nitrogens is 3. The maximum Gasteiger partial charge on any atom is 0.352 e. The fourth-order valence-corrected chi connectivity index (χ4v) is 3.95. The zero-order valence-electron chi connectivity index (χ0n) is 14.3. The van der Waals surface area contributed by atoms with Crippen LogP contribution in [0.25, 0.3) is 15.8 Å². The molecule has 0 N–H and O–H groups in total. The van der Waals surface area contributed by atoms with Crippen LogP contribution < -0.4 is 16.0 Å². The second kappa shape index (κ2) is 7.02. The zero-order chi connectivity index (χ0) is 19.0. The summed E-state index contributed by atoms with van der Waals surface area (Å²) in [6, 6.07) is 14.5. The number of ether oxygens (including phenoxy) is 1. The quantitative estimate of drug-likeness (QED) is 0.528. The Balaban J connectivity index is 1.90. The molecule has 0 radical (unpaired) electrons. The fourth-order valence-electron chi connectivity index (χ4n) is 2.84. The summed E-state index contributed by atoms with van der Waals surface area (Å²) in [4.78, 5) is 25.6. The summed E-state index contributed by atoms with van der Waals surface area (Å²) in [6.07, 6.45) is 0. The number of thiophene rings is 1. The van der Waals surface area contributed by atoms with Gasteiger partial charge in [0, 0.05) is 9.72 Å². The molecule has 136 valence electrons. The third-order valence-electron chi connectivity index (χ3n) is 4.17. The first kappa shape index (κ1) is 17.5. The van der Waals surface area contributed by atoms with Gasteiger partial charge in [-0.25, -0.2) is 9.36 Å². The van der Waals surface area contributed by atoms with E-state index in [0.29, 0.717) is 10.7 Å². The third-order valence-corrected chi connectivity index (χ3v) is 5.42. The summed E-state index contributed by atoms with van der Waals surface area (Å²) >= 11 is 7.64. The predicted octanol–water partition coefficient (Wildman–Crippen LogP) is 3.32. The molecule has 2 aromatic heterocycles. The molecule has 4 aromatic rings. The Hall–Kier alpha value is -2.90. The Morgan fingerprint density at radius 1 is 1.15 bits per heavy atom. The SMILES string of the molecule is COc1nn(-c2ccccc2)c(=O)n(Cc2csc3ccc(Cl)cc23)c1=O. The molecule has 0 fully saturated rings. The van der Waals surface area contributed by atoms with Gasteiger partial charge in [-0.05, 0) is 46.7 Å². The van der Waals surface area contributed by atoms with Crippen molar-refractivity contribution in [2.24, 2.45) is 0 Å². The molecule has 0 spiro atoms. The molecule has 0 atom stereocenters. The highest BCUT2D eigenvalue weighted by molar-refractivity contribution is 7.17. The van der Waals surface area contributed by atoms with Crippen molar-refractivity contribution < 1.29 is 4.74 Å². The second-order valence-corrected chi connectivity index (χ2v) is 7.18. The van der Waals surface area contributed by atoms with Gasteiger partial charge in [0.25, 0.3) is 5.88 Å². The number of halogens is 1. The summed E-state index contributed by atoms with van der Waals surface area (Å²) < 4.78 is 8.43. The van der Waals surface area contributed by atoms with Gasteiger partial charge in [-0.15, -0.1) is 16.4 Å². The summed E-state index contributed by atoms with van der Waals surface area (Å²) in [5.74, 6) is -0.143. The van der Waals surface area contributed by atoms with Gasteiger partial charge in [0.2, 0.25) is 0 Å². The fraction of sp³-hybridized carbons (Fsp3) is 0.105. The number of benzene rings is 2. The van der Waals surface area contributed by atoms with Crippen LogP contribution in [0.3, 0.4) is 0 Å². The summed E-state index contributed by atoms with van der Waals surface area (Å²) in [7, 11) is 1.35. The van der Waals surface area contributed by atoms with E-state index in [9.17, 15) is 9.59 Å². The molecular formula is C19H14ClN3O3S. The Morgan fingerprint density at radius 2 is 1.93 bits per heavy atom. The molecule has 0 aliphatic rings. The summed E-state index contributed by atoms with van der Waals surface area (Å²) in [5.41, 5.74) is 0.279. The van der Waals surface area contributed by atoms with Crippen LogP contribution in [0, 0.1) is 0 Å². The van der Waals surface area contributed by atoms with Crippen LogP contribution in [0.4, 0.5) is 0 Å². The van der Waals surface area contributed by atoms with Gasteiger partial charge >= 0.3 is 11.2 Å². The minimum atomic E-state index is -0.573. The van der Waals surface area contributed by atoms with Gasteiger partial charge in [0.05, 0.1) is 19.3 Å². The molecule has 8 heteroatoms. The van der Waals surface area contributed by atoms with Gasteiger partial charge in [-0.2, -0.15) is 4.68 Å². The predicted molar refractivity (Wildman–Crippen MR) is 107 cm³/mol. The molecular weight excluding hydrogens is 386 g/mol. The number of methoxy groups -OCH3 is 1. The van der Waals surface area contributed by atoms with Crippen molar-refractivity contribution in [3.8, 4) is 11.6 Å². The Bertz CT molecular complexity index is 1240. The number of nitrogens with zero attached hydrogens (tertiary/aromatic N) is 3. The van der Waals surface area contributed by atoms with E-state index in [1.54, 1.807) is 24.3 Å². The molecule has 6 nitrogen and oxygen atoms in total. The van der Waals surface area contributed by atoms with E-state index < -0.39 is 11.2 Å². The first-order chi connectivity index (χ1) is 13.1. The van der Waals surface area contributed by atoms with E-state index >= 15 is 0 Å². The number of fused-ring (bicyclic) bond motifs is 1. The normalized spacial score (nSPS) is 11.0. The van der Waals surface area contributed by atoms with E-state index in [1.807, 2.05) is 29.6 Å². The average molecular weight is 400 g/mol. The second-order valence-electron chi connectivity index (χ2n) is 5.83. The molecule has 4 rings (SSSR count). The van der Waals surface area contributed by atoms with E-state index in [1.165, 1.54) is 23.1 Å². The Labute approximate surface area is 162 Å². The van der Waals surface area contributed by atoms with Crippen molar-refractivity contribution in [1.82, 2.24) is 14.3 Å². The largest absolute Gasteiger partial charge is 0.476 e. The van der Waals surface area contributed by atoms with Crippen molar-refractivity contribution >= 4 is 33.0 Å². The first-order valence-corrected chi connectivity index (χ1v) is 9.33. The van der Waals surface area contributed by atoms with E-state index in [4.69, 9.17) is 16.3 Å². The number of rotatable bonds is 4. The lowest BCUT2D eigenvalue weighted by Gasteiger charge is -2.11. The van der Waals surface area contributed by atoms with Crippen molar-refractivity contribution in [3.05, 3.63) is 85.3 Å². The van der Waals surface area contributed by atoms with E-state index in [0.717, 1.165) is 20.2 Å². The lowest BCUT2D eigenvalue weighted by atomic mass is 10.2. The molecule has 2 aromatic carbocycles. The van der Waals surface area contributed by atoms with E-state index in [2.05, 4.69) is 5.10 Å². The first-order valence-electron chi connectivity index (χ1n) is 8.07. The van der Waals surface area contributed by atoms with Crippen LogP contribution in [-0.4, -0.2) is 21.5 Å². The monoisotopic (exact) mass is 399 g/mol. The highest BCUT2D eigenvalue weighted by atomic mass is 35.5. The van der Waals surface area contributed by atoms with Crippen LogP contribution in [0.1, 0.15) is 5.56 Å². The lowest BCUT2D eigenvalue weighted by Crippen LogP contribution is -2.41. The molecule has 0 unspecified atom stereocenters. The highest BCUT2D eigenvalue weighted by Gasteiger charge is 2.16. The number of hydrogen-bond acceptors (Lipinski definition) is 5. The van der Waals surface area contributed by atoms with Gasteiger partial charge in [0.15, 0.2) is 0 Å². The van der Waals surface area contributed by atoms with Crippen LogP contribution >= 0.6 is 22.9 Å². The lowest BCUT2D eigenvalue weighted by molar-refractivity contribution is 0.367. The summed E-state index contributed by atoms with van der Waals surface area (Å²) in [5, 5.41) is 7.50. The third kappa shape index (κ3) is 3.15.